The van der Waals surface area contributed by atoms with E-state index < -0.39 is 17.4 Å². The number of ether oxygens (including phenoxy) is 3. The second-order valence-corrected chi connectivity index (χ2v) is 13.0. The van der Waals surface area contributed by atoms with Crippen LogP contribution in [0.25, 0.3) is 0 Å². The van der Waals surface area contributed by atoms with Crippen LogP contribution < -0.4 is 0 Å². The summed E-state index contributed by atoms with van der Waals surface area (Å²) < 4.78 is 17.0. The molecule has 1 heterocycles. The number of carbonyl (C=O) groups is 4. The molecule has 9 unspecified atom stereocenters. The van der Waals surface area contributed by atoms with E-state index in [1.807, 2.05) is 13.0 Å². The molecule has 5 aliphatic rings. The molecule has 9 atom stereocenters. The fourth-order valence-electron chi connectivity index (χ4n) is 9.10. The van der Waals surface area contributed by atoms with Gasteiger partial charge in [0.1, 0.15) is 18.8 Å². The minimum atomic E-state index is -0.541. The van der Waals surface area contributed by atoms with E-state index in [9.17, 15) is 19.2 Å². The van der Waals surface area contributed by atoms with Crippen LogP contribution in [-0.2, 0) is 33.4 Å². The first-order valence-electron chi connectivity index (χ1n) is 14.5. The van der Waals surface area contributed by atoms with Crippen LogP contribution in [0.5, 0.6) is 0 Å². The van der Waals surface area contributed by atoms with E-state index >= 15 is 0 Å². The SMILES string of the molecule is CC(=O)OCC1=C(C)CC(C(C)C2CCC3C4C(OC(C)=O)C=C5CC=CC(=O)C5(C)C4CCC23C)OC1=O. The van der Waals surface area contributed by atoms with Gasteiger partial charge in [-0.05, 0) is 87.2 Å². The predicted octanol–water partition coefficient (Wildman–Crippen LogP) is 5.28. The summed E-state index contributed by atoms with van der Waals surface area (Å²) in [6.07, 6.45) is 10.5. The number of cyclic esters (lactones) is 1. The van der Waals surface area contributed by atoms with Crippen LogP contribution in [0.4, 0.5) is 0 Å². The highest BCUT2D eigenvalue weighted by molar-refractivity contribution is 5.98. The number of ketones is 1. The van der Waals surface area contributed by atoms with Crippen LogP contribution >= 0.6 is 0 Å². The van der Waals surface area contributed by atoms with Crippen molar-refractivity contribution in [1.82, 2.24) is 0 Å². The topological polar surface area (TPSA) is 96.0 Å². The lowest BCUT2D eigenvalue weighted by Crippen LogP contribution is -2.57. The second kappa shape index (κ2) is 10.0. The molecule has 4 aliphatic carbocycles. The van der Waals surface area contributed by atoms with E-state index in [0.29, 0.717) is 23.8 Å². The van der Waals surface area contributed by atoms with Gasteiger partial charge >= 0.3 is 17.9 Å². The van der Waals surface area contributed by atoms with Crippen molar-refractivity contribution in [3.63, 3.8) is 0 Å². The molecule has 39 heavy (non-hydrogen) atoms. The van der Waals surface area contributed by atoms with E-state index in [1.165, 1.54) is 13.8 Å². The Kier molecular flexibility index (Phi) is 7.17. The minimum absolute atomic E-state index is 0.0176. The average molecular weight is 539 g/mol. The Morgan fingerprint density at radius 3 is 2.51 bits per heavy atom. The summed E-state index contributed by atoms with van der Waals surface area (Å²) in [5, 5.41) is 0. The fraction of sp³-hybridized carbons (Fsp3) is 0.688. The number of fused-ring (bicyclic) bond motifs is 5. The van der Waals surface area contributed by atoms with Crippen LogP contribution in [0.2, 0.25) is 0 Å². The number of esters is 3. The molecule has 0 bridgehead atoms. The van der Waals surface area contributed by atoms with Crippen molar-refractivity contribution in [2.24, 2.45) is 40.4 Å². The minimum Gasteiger partial charge on any atom is -0.461 e. The van der Waals surface area contributed by atoms with E-state index in [-0.39, 0.29) is 53.7 Å². The van der Waals surface area contributed by atoms with Crippen LogP contribution in [-0.4, -0.2) is 42.5 Å². The van der Waals surface area contributed by atoms with Gasteiger partial charge in [0.2, 0.25) is 0 Å². The zero-order valence-electron chi connectivity index (χ0n) is 24.1. The Bertz CT molecular complexity index is 1180. The lowest BCUT2D eigenvalue weighted by Gasteiger charge is -2.58. The quantitative estimate of drug-likeness (QED) is 0.267. The van der Waals surface area contributed by atoms with Gasteiger partial charge in [0.15, 0.2) is 5.78 Å². The molecule has 1 aliphatic heterocycles. The van der Waals surface area contributed by atoms with Crippen molar-refractivity contribution in [3.8, 4) is 0 Å². The molecule has 0 N–H and O–H groups in total. The van der Waals surface area contributed by atoms with Crippen LogP contribution in [0.1, 0.15) is 80.1 Å². The Morgan fingerprint density at radius 1 is 1.10 bits per heavy atom. The molecule has 0 amide bonds. The zero-order valence-corrected chi connectivity index (χ0v) is 24.1. The van der Waals surface area contributed by atoms with E-state index in [1.54, 1.807) is 6.08 Å². The van der Waals surface area contributed by atoms with Crippen molar-refractivity contribution in [3.05, 3.63) is 34.9 Å². The molecule has 0 saturated heterocycles. The maximum absolute atomic E-state index is 13.3. The number of hydrogen-bond donors (Lipinski definition) is 0. The summed E-state index contributed by atoms with van der Waals surface area (Å²) in [7, 11) is 0. The summed E-state index contributed by atoms with van der Waals surface area (Å²) in [4.78, 5) is 49.7. The Balaban J connectivity index is 1.41. The normalized spacial score (nSPS) is 40.1. The smallest absolute Gasteiger partial charge is 0.337 e. The highest BCUT2D eigenvalue weighted by Crippen LogP contribution is 2.67. The van der Waals surface area contributed by atoms with Gasteiger partial charge in [0.25, 0.3) is 0 Å². The van der Waals surface area contributed by atoms with E-state index in [2.05, 4.69) is 26.8 Å². The van der Waals surface area contributed by atoms with E-state index in [0.717, 1.165) is 43.3 Å². The van der Waals surface area contributed by atoms with E-state index in [4.69, 9.17) is 14.2 Å². The monoisotopic (exact) mass is 538 g/mol. The van der Waals surface area contributed by atoms with Crippen molar-refractivity contribution in [2.75, 3.05) is 6.61 Å². The second-order valence-electron chi connectivity index (χ2n) is 13.0. The third kappa shape index (κ3) is 4.50. The van der Waals surface area contributed by atoms with Gasteiger partial charge in [0, 0.05) is 26.2 Å². The molecule has 2 fully saturated rings. The fourth-order valence-corrected chi connectivity index (χ4v) is 9.10. The lowest BCUT2D eigenvalue weighted by atomic mass is 9.46. The molecule has 0 radical (unpaired) electrons. The molecular formula is C32H42O7. The van der Waals surface area contributed by atoms with Gasteiger partial charge in [-0.2, -0.15) is 0 Å². The van der Waals surface area contributed by atoms with Gasteiger partial charge in [-0.25, -0.2) is 4.79 Å². The molecule has 0 spiro atoms. The van der Waals surface area contributed by atoms with Crippen molar-refractivity contribution < 1.29 is 33.4 Å². The first kappa shape index (κ1) is 27.9. The van der Waals surface area contributed by atoms with Crippen molar-refractivity contribution in [2.45, 2.75) is 92.3 Å². The van der Waals surface area contributed by atoms with Gasteiger partial charge < -0.3 is 14.2 Å². The molecule has 2 saturated carbocycles. The summed E-state index contributed by atoms with van der Waals surface area (Å²) >= 11 is 0. The lowest BCUT2D eigenvalue weighted by molar-refractivity contribution is -0.160. The Labute approximate surface area is 231 Å². The molecule has 0 aromatic carbocycles. The molecule has 0 aromatic rings. The maximum atomic E-state index is 13.3. The number of carbonyl (C=O) groups excluding carboxylic acids is 4. The van der Waals surface area contributed by atoms with Crippen LogP contribution in [0.15, 0.2) is 34.9 Å². The highest BCUT2D eigenvalue weighted by atomic mass is 16.6. The highest BCUT2D eigenvalue weighted by Gasteiger charge is 2.63. The van der Waals surface area contributed by atoms with Crippen molar-refractivity contribution >= 4 is 23.7 Å². The summed E-state index contributed by atoms with van der Waals surface area (Å²) in [6, 6.07) is 0. The third-order valence-electron chi connectivity index (χ3n) is 11.1. The first-order valence-corrected chi connectivity index (χ1v) is 14.5. The predicted molar refractivity (Wildman–Crippen MR) is 144 cm³/mol. The van der Waals surface area contributed by atoms with Gasteiger partial charge in [-0.15, -0.1) is 0 Å². The summed E-state index contributed by atoms with van der Waals surface area (Å²) in [5.74, 6) is 0.0682. The average Bonchev–Trinajstić information content (AvgIpc) is 3.21. The third-order valence-corrected chi connectivity index (χ3v) is 11.1. The van der Waals surface area contributed by atoms with Crippen LogP contribution in [0.3, 0.4) is 0 Å². The largest absolute Gasteiger partial charge is 0.461 e. The van der Waals surface area contributed by atoms with Crippen molar-refractivity contribution in [1.29, 1.82) is 0 Å². The maximum Gasteiger partial charge on any atom is 0.337 e. The number of allylic oxidation sites excluding steroid dienone is 3. The van der Waals surface area contributed by atoms with Crippen LogP contribution in [0, 0.1) is 40.4 Å². The standard InChI is InChI=1S/C32H42O7/c1-17-14-26(39-30(36)22(17)16-37-19(3)33)18(2)23-10-11-24-29-25(12-13-31(23,24)5)32(6)21(8-7-9-28(32)35)15-27(29)38-20(4)34/h7,9,15,18,23-27,29H,8,10-14,16H2,1-6H3. The number of rotatable bonds is 5. The molecule has 7 heteroatoms. The Morgan fingerprint density at radius 2 is 1.85 bits per heavy atom. The summed E-state index contributed by atoms with van der Waals surface area (Å²) in [5.41, 5.74) is 1.90. The summed E-state index contributed by atoms with van der Waals surface area (Å²) in [6.45, 7) is 11.4. The Hall–Kier alpha value is -2.70. The molecule has 0 aromatic heterocycles. The van der Waals surface area contributed by atoms with Gasteiger partial charge in [-0.3, -0.25) is 14.4 Å². The van der Waals surface area contributed by atoms with Gasteiger partial charge in [0.05, 0.1) is 11.0 Å². The molecule has 7 nitrogen and oxygen atoms in total. The molecule has 5 rings (SSSR count). The zero-order chi connectivity index (χ0) is 28.3. The molecule has 212 valence electrons. The number of hydrogen-bond acceptors (Lipinski definition) is 7. The van der Waals surface area contributed by atoms with Gasteiger partial charge in [-0.1, -0.05) is 31.1 Å². The first-order chi connectivity index (χ1) is 18.4. The molecular weight excluding hydrogens is 496 g/mol.